The van der Waals surface area contributed by atoms with Gasteiger partial charge < -0.3 is 14.2 Å². The molecule has 1 saturated heterocycles. The number of imidazole rings is 1. The van der Waals surface area contributed by atoms with Crippen LogP contribution in [0.2, 0.25) is 0 Å². The lowest BCUT2D eigenvalue weighted by Crippen LogP contribution is -2.41. The Hall–Kier alpha value is -2.88. The molecule has 1 atom stereocenters. The van der Waals surface area contributed by atoms with Crippen molar-refractivity contribution in [3.05, 3.63) is 36.4 Å². The van der Waals surface area contributed by atoms with Gasteiger partial charge in [0.2, 0.25) is 0 Å². The maximum atomic E-state index is 12.4. The summed E-state index contributed by atoms with van der Waals surface area (Å²) in [7, 11) is 0. The maximum absolute atomic E-state index is 12.4. The highest BCUT2D eigenvalue weighted by Crippen LogP contribution is 2.23. The standard InChI is InChI=1S/C19H23N5O2/c1-19(2,3)26-18(25)24-8-4-5-15(24)11-23-12-17(22-13-23)16-9-14(10-20)6-7-21-16/h6-7,9,12-13,15H,4-5,8,11H2,1-3H3. The van der Waals surface area contributed by atoms with Crippen LogP contribution < -0.4 is 0 Å². The Bertz CT molecular complexity index is 831. The van der Waals surface area contributed by atoms with Crippen molar-refractivity contribution in [3.63, 3.8) is 0 Å². The summed E-state index contributed by atoms with van der Waals surface area (Å²) in [5.74, 6) is 0. The second-order valence-corrected chi connectivity index (χ2v) is 7.47. The molecule has 7 nitrogen and oxygen atoms in total. The second kappa shape index (κ2) is 7.16. The van der Waals surface area contributed by atoms with Crippen molar-refractivity contribution in [2.75, 3.05) is 6.54 Å². The van der Waals surface area contributed by atoms with Crippen molar-refractivity contribution >= 4 is 6.09 Å². The molecule has 0 spiro atoms. The second-order valence-electron chi connectivity index (χ2n) is 7.47. The third-order valence-corrected chi connectivity index (χ3v) is 4.21. The molecule has 1 unspecified atom stereocenters. The van der Waals surface area contributed by atoms with E-state index in [1.165, 1.54) is 0 Å². The van der Waals surface area contributed by atoms with Gasteiger partial charge >= 0.3 is 6.09 Å². The summed E-state index contributed by atoms with van der Waals surface area (Å²) >= 11 is 0. The highest BCUT2D eigenvalue weighted by atomic mass is 16.6. The first-order valence-electron chi connectivity index (χ1n) is 8.73. The molecule has 0 N–H and O–H groups in total. The van der Waals surface area contributed by atoms with Crippen LogP contribution in [0.4, 0.5) is 4.79 Å². The molecule has 1 amide bonds. The van der Waals surface area contributed by atoms with E-state index >= 15 is 0 Å². The van der Waals surface area contributed by atoms with Crippen molar-refractivity contribution < 1.29 is 9.53 Å². The van der Waals surface area contributed by atoms with Crippen LogP contribution in [0.15, 0.2) is 30.9 Å². The fraction of sp³-hybridized carbons (Fsp3) is 0.474. The number of carbonyl (C=O) groups excluding carboxylic acids is 1. The normalized spacial score (nSPS) is 17.2. The average molecular weight is 353 g/mol. The van der Waals surface area contributed by atoms with E-state index < -0.39 is 5.60 Å². The lowest BCUT2D eigenvalue weighted by molar-refractivity contribution is 0.0214. The third-order valence-electron chi connectivity index (χ3n) is 4.21. The van der Waals surface area contributed by atoms with Gasteiger partial charge in [-0.15, -0.1) is 0 Å². The van der Waals surface area contributed by atoms with Gasteiger partial charge in [-0.1, -0.05) is 0 Å². The van der Waals surface area contributed by atoms with Crippen LogP contribution >= 0.6 is 0 Å². The first-order valence-corrected chi connectivity index (χ1v) is 8.73. The summed E-state index contributed by atoms with van der Waals surface area (Å²) in [6, 6.07) is 5.58. The van der Waals surface area contributed by atoms with Gasteiger partial charge in [-0.05, 0) is 45.7 Å². The number of hydrogen-bond acceptors (Lipinski definition) is 5. The first-order chi connectivity index (χ1) is 12.4. The molecule has 2 aromatic heterocycles. The molecule has 3 rings (SSSR count). The fourth-order valence-corrected chi connectivity index (χ4v) is 3.06. The molecule has 2 aromatic rings. The number of pyridine rings is 1. The fourth-order valence-electron chi connectivity index (χ4n) is 3.06. The van der Waals surface area contributed by atoms with Gasteiger partial charge in [0.25, 0.3) is 0 Å². The number of amides is 1. The number of nitriles is 1. The van der Waals surface area contributed by atoms with E-state index in [0.29, 0.717) is 30.0 Å². The van der Waals surface area contributed by atoms with E-state index in [2.05, 4.69) is 16.0 Å². The zero-order valence-corrected chi connectivity index (χ0v) is 15.3. The number of ether oxygens (including phenoxy) is 1. The van der Waals surface area contributed by atoms with Crippen LogP contribution in [0.3, 0.4) is 0 Å². The van der Waals surface area contributed by atoms with Crippen molar-refractivity contribution in [1.29, 1.82) is 5.26 Å². The number of likely N-dealkylation sites (tertiary alicyclic amines) is 1. The van der Waals surface area contributed by atoms with Crippen LogP contribution in [0, 0.1) is 11.3 Å². The first kappa shape index (κ1) is 17.9. The average Bonchev–Trinajstić information content (AvgIpc) is 3.23. The van der Waals surface area contributed by atoms with Gasteiger partial charge in [-0.2, -0.15) is 5.26 Å². The van der Waals surface area contributed by atoms with E-state index in [4.69, 9.17) is 10.00 Å². The zero-order valence-electron chi connectivity index (χ0n) is 15.3. The summed E-state index contributed by atoms with van der Waals surface area (Å²) in [6.45, 7) is 7.00. The van der Waals surface area contributed by atoms with E-state index in [1.54, 1.807) is 29.6 Å². The minimum atomic E-state index is -0.496. The quantitative estimate of drug-likeness (QED) is 0.846. The Morgan fingerprint density at radius 3 is 2.92 bits per heavy atom. The van der Waals surface area contributed by atoms with Gasteiger partial charge in [-0.25, -0.2) is 9.78 Å². The highest BCUT2D eigenvalue weighted by Gasteiger charge is 2.32. The third kappa shape index (κ3) is 4.20. The maximum Gasteiger partial charge on any atom is 0.410 e. The lowest BCUT2D eigenvalue weighted by Gasteiger charge is -2.28. The Morgan fingerprint density at radius 2 is 2.19 bits per heavy atom. The molecule has 1 fully saturated rings. The predicted molar refractivity (Wildman–Crippen MR) is 96.1 cm³/mol. The van der Waals surface area contributed by atoms with E-state index in [-0.39, 0.29) is 12.1 Å². The SMILES string of the molecule is CC(C)(C)OC(=O)N1CCCC1Cn1cnc(-c2cc(C#N)ccn2)c1. The number of carbonyl (C=O) groups is 1. The Morgan fingerprint density at radius 1 is 1.38 bits per heavy atom. The molecule has 26 heavy (non-hydrogen) atoms. The Labute approximate surface area is 153 Å². The van der Waals surface area contributed by atoms with E-state index in [1.807, 2.05) is 31.5 Å². The van der Waals surface area contributed by atoms with Gasteiger partial charge in [0, 0.05) is 25.5 Å². The molecule has 1 aliphatic heterocycles. The number of nitrogens with zero attached hydrogens (tertiary/aromatic N) is 5. The van der Waals surface area contributed by atoms with E-state index in [9.17, 15) is 4.79 Å². The molecule has 0 radical (unpaired) electrons. The lowest BCUT2D eigenvalue weighted by atomic mass is 10.2. The summed E-state index contributed by atoms with van der Waals surface area (Å²) in [6.07, 6.45) is 6.89. The number of hydrogen-bond donors (Lipinski definition) is 0. The Balaban J connectivity index is 1.70. The smallest absolute Gasteiger partial charge is 0.410 e. The molecule has 0 aromatic carbocycles. The molecular weight excluding hydrogens is 330 g/mol. The zero-order chi connectivity index (χ0) is 18.7. The van der Waals surface area contributed by atoms with Crippen molar-refractivity contribution in [3.8, 4) is 17.5 Å². The summed E-state index contributed by atoms with van der Waals surface area (Å²) < 4.78 is 7.47. The summed E-state index contributed by atoms with van der Waals surface area (Å²) in [5.41, 5.74) is 1.43. The molecule has 136 valence electrons. The molecule has 0 bridgehead atoms. The number of rotatable bonds is 3. The number of aromatic nitrogens is 3. The van der Waals surface area contributed by atoms with Crippen molar-refractivity contribution in [2.24, 2.45) is 0 Å². The van der Waals surface area contributed by atoms with Gasteiger partial charge in [0.1, 0.15) is 11.3 Å². The molecule has 7 heteroatoms. The van der Waals surface area contributed by atoms with Crippen LogP contribution in [0.25, 0.3) is 11.4 Å². The van der Waals surface area contributed by atoms with Gasteiger partial charge in [0.15, 0.2) is 0 Å². The largest absolute Gasteiger partial charge is 0.444 e. The topological polar surface area (TPSA) is 84.0 Å². The minimum Gasteiger partial charge on any atom is -0.444 e. The molecular formula is C19H23N5O2. The summed E-state index contributed by atoms with van der Waals surface area (Å²) in [5, 5.41) is 9.01. The van der Waals surface area contributed by atoms with Gasteiger partial charge in [-0.3, -0.25) is 4.98 Å². The van der Waals surface area contributed by atoms with Crippen molar-refractivity contribution in [1.82, 2.24) is 19.4 Å². The predicted octanol–water partition coefficient (Wildman–Crippen LogP) is 3.22. The van der Waals surface area contributed by atoms with E-state index in [0.717, 1.165) is 12.8 Å². The van der Waals surface area contributed by atoms with Crippen LogP contribution in [0.1, 0.15) is 39.2 Å². The monoisotopic (exact) mass is 353 g/mol. The van der Waals surface area contributed by atoms with Crippen LogP contribution in [0.5, 0.6) is 0 Å². The minimum absolute atomic E-state index is 0.0882. The van der Waals surface area contributed by atoms with Crippen LogP contribution in [-0.4, -0.2) is 43.7 Å². The summed E-state index contributed by atoms with van der Waals surface area (Å²) in [4.78, 5) is 22.9. The molecule has 0 saturated carbocycles. The van der Waals surface area contributed by atoms with Crippen molar-refractivity contribution in [2.45, 2.75) is 51.8 Å². The molecule has 0 aliphatic carbocycles. The molecule has 1 aliphatic rings. The van der Waals surface area contributed by atoms with Crippen LogP contribution in [-0.2, 0) is 11.3 Å². The highest BCUT2D eigenvalue weighted by molar-refractivity contribution is 5.69. The Kier molecular flexibility index (Phi) is 4.94. The molecule has 3 heterocycles. The van der Waals surface area contributed by atoms with Gasteiger partial charge in [0.05, 0.1) is 29.7 Å².